The first-order valence-corrected chi connectivity index (χ1v) is 5.09. The van der Waals surface area contributed by atoms with Crippen molar-refractivity contribution in [3.05, 3.63) is 34.9 Å². The highest BCUT2D eigenvalue weighted by molar-refractivity contribution is 6.30. The van der Waals surface area contributed by atoms with Gasteiger partial charge in [0.2, 0.25) is 0 Å². The molecular formula is C11H15ClN2O. The van der Waals surface area contributed by atoms with E-state index in [4.69, 9.17) is 11.6 Å². The van der Waals surface area contributed by atoms with Crippen molar-refractivity contribution >= 4 is 17.6 Å². The Hall–Kier alpha value is -1.22. The van der Waals surface area contributed by atoms with Gasteiger partial charge in [0.25, 0.3) is 0 Å². The van der Waals surface area contributed by atoms with Gasteiger partial charge in [0.1, 0.15) is 0 Å². The lowest BCUT2D eigenvalue weighted by Crippen LogP contribution is -2.45. The predicted molar refractivity (Wildman–Crippen MR) is 62.1 cm³/mol. The first-order chi connectivity index (χ1) is 6.95. The minimum atomic E-state index is -0.439. The van der Waals surface area contributed by atoms with E-state index in [1.807, 2.05) is 32.0 Å². The van der Waals surface area contributed by atoms with Crippen LogP contribution < -0.4 is 10.6 Å². The minimum absolute atomic E-state index is 0.208. The Balaban J connectivity index is 2.90. The van der Waals surface area contributed by atoms with Crippen molar-refractivity contribution in [3.8, 4) is 0 Å². The zero-order valence-corrected chi connectivity index (χ0v) is 9.85. The maximum Gasteiger partial charge on any atom is 0.315 e. The standard InChI is InChI=1S/C11H15ClN2O/c1-11(2,14-10(15)13-3)8-5-4-6-9(12)7-8/h4-7H,1-3H3,(H2,13,14,15). The average molecular weight is 227 g/mol. The minimum Gasteiger partial charge on any atom is -0.341 e. The van der Waals surface area contributed by atoms with Gasteiger partial charge in [-0.15, -0.1) is 0 Å². The molecule has 2 amide bonds. The van der Waals surface area contributed by atoms with E-state index < -0.39 is 5.54 Å². The van der Waals surface area contributed by atoms with Crippen molar-refractivity contribution in [2.75, 3.05) is 7.05 Å². The lowest BCUT2D eigenvalue weighted by atomic mass is 9.94. The van der Waals surface area contributed by atoms with E-state index in [2.05, 4.69) is 10.6 Å². The Morgan fingerprint density at radius 2 is 2.07 bits per heavy atom. The maximum atomic E-state index is 11.2. The number of benzene rings is 1. The molecule has 0 spiro atoms. The number of halogens is 1. The predicted octanol–water partition coefficient (Wildman–Crippen LogP) is 2.50. The van der Waals surface area contributed by atoms with Gasteiger partial charge in [0.15, 0.2) is 0 Å². The lowest BCUT2D eigenvalue weighted by Gasteiger charge is -2.26. The Bertz CT molecular complexity index is 363. The molecule has 0 unspecified atom stereocenters. The number of urea groups is 1. The molecule has 0 heterocycles. The van der Waals surface area contributed by atoms with Crippen LogP contribution >= 0.6 is 11.6 Å². The Kier molecular flexibility index (Phi) is 3.58. The first-order valence-electron chi connectivity index (χ1n) is 4.71. The molecule has 3 nitrogen and oxygen atoms in total. The SMILES string of the molecule is CNC(=O)NC(C)(C)c1cccc(Cl)c1. The average Bonchev–Trinajstić information content (AvgIpc) is 2.17. The second kappa shape index (κ2) is 4.53. The first kappa shape index (κ1) is 11.9. The van der Waals surface area contributed by atoms with Crippen LogP contribution in [0.4, 0.5) is 4.79 Å². The number of amides is 2. The molecule has 1 aromatic carbocycles. The van der Waals surface area contributed by atoms with Gasteiger partial charge >= 0.3 is 6.03 Å². The number of rotatable bonds is 2. The lowest BCUT2D eigenvalue weighted by molar-refractivity contribution is 0.232. The third-order valence-corrected chi connectivity index (χ3v) is 2.43. The van der Waals surface area contributed by atoms with Gasteiger partial charge in [-0.1, -0.05) is 23.7 Å². The zero-order chi connectivity index (χ0) is 11.5. The van der Waals surface area contributed by atoms with Gasteiger partial charge in [-0.2, -0.15) is 0 Å². The van der Waals surface area contributed by atoms with E-state index in [0.717, 1.165) is 5.56 Å². The van der Waals surface area contributed by atoms with E-state index >= 15 is 0 Å². The molecule has 0 aliphatic heterocycles. The van der Waals surface area contributed by atoms with Crippen LogP contribution in [0.3, 0.4) is 0 Å². The van der Waals surface area contributed by atoms with Crippen LogP contribution in [-0.2, 0) is 5.54 Å². The molecule has 0 aliphatic rings. The summed E-state index contributed by atoms with van der Waals surface area (Å²) in [5, 5.41) is 6.03. The third-order valence-electron chi connectivity index (χ3n) is 2.20. The zero-order valence-electron chi connectivity index (χ0n) is 9.10. The second-order valence-corrected chi connectivity index (χ2v) is 4.28. The molecule has 2 N–H and O–H groups in total. The number of carbonyl (C=O) groups is 1. The van der Waals surface area contributed by atoms with E-state index in [-0.39, 0.29) is 6.03 Å². The molecule has 0 saturated carbocycles. The van der Waals surface area contributed by atoms with Crippen molar-refractivity contribution in [3.63, 3.8) is 0 Å². The molecule has 0 fully saturated rings. The van der Waals surface area contributed by atoms with Gasteiger partial charge < -0.3 is 10.6 Å². The molecule has 4 heteroatoms. The molecule has 0 atom stereocenters. The van der Waals surface area contributed by atoms with Crippen LogP contribution in [0.2, 0.25) is 5.02 Å². The normalized spacial score (nSPS) is 10.9. The summed E-state index contributed by atoms with van der Waals surface area (Å²) in [6.45, 7) is 3.85. The molecule has 0 aromatic heterocycles. The van der Waals surface area contributed by atoms with Crippen LogP contribution in [0, 0.1) is 0 Å². The van der Waals surface area contributed by atoms with Crippen molar-refractivity contribution in [1.29, 1.82) is 0 Å². The largest absolute Gasteiger partial charge is 0.341 e. The number of hydrogen-bond acceptors (Lipinski definition) is 1. The molecule has 1 rings (SSSR count). The Labute approximate surface area is 94.8 Å². The maximum absolute atomic E-state index is 11.2. The molecule has 15 heavy (non-hydrogen) atoms. The molecule has 1 aromatic rings. The fourth-order valence-corrected chi connectivity index (χ4v) is 1.49. The highest BCUT2D eigenvalue weighted by Crippen LogP contribution is 2.22. The van der Waals surface area contributed by atoms with Crippen molar-refractivity contribution in [1.82, 2.24) is 10.6 Å². The Morgan fingerprint density at radius 1 is 1.40 bits per heavy atom. The summed E-state index contributed by atoms with van der Waals surface area (Å²) in [7, 11) is 1.59. The summed E-state index contributed by atoms with van der Waals surface area (Å²) in [5.41, 5.74) is 0.531. The highest BCUT2D eigenvalue weighted by Gasteiger charge is 2.22. The van der Waals surface area contributed by atoms with E-state index in [0.29, 0.717) is 5.02 Å². The van der Waals surface area contributed by atoms with Gasteiger partial charge in [0.05, 0.1) is 5.54 Å². The van der Waals surface area contributed by atoms with Gasteiger partial charge in [-0.25, -0.2) is 4.79 Å². The van der Waals surface area contributed by atoms with Crippen LogP contribution in [0.15, 0.2) is 24.3 Å². The third kappa shape index (κ3) is 3.13. The summed E-state index contributed by atoms with van der Waals surface area (Å²) in [6.07, 6.45) is 0. The fraction of sp³-hybridized carbons (Fsp3) is 0.364. The summed E-state index contributed by atoms with van der Waals surface area (Å²) in [5.74, 6) is 0. The molecule has 0 radical (unpaired) electrons. The van der Waals surface area contributed by atoms with Crippen LogP contribution in [-0.4, -0.2) is 13.1 Å². The topological polar surface area (TPSA) is 41.1 Å². The van der Waals surface area contributed by atoms with Gasteiger partial charge in [0, 0.05) is 12.1 Å². The number of carbonyl (C=O) groups excluding carboxylic acids is 1. The molecule has 0 bridgehead atoms. The molecule has 0 aliphatic carbocycles. The number of nitrogens with one attached hydrogen (secondary N) is 2. The van der Waals surface area contributed by atoms with Gasteiger partial charge in [-0.05, 0) is 31.5 Å². The summed E-state index contributed by atoms with van der Waals surface area (Å²) in [4.78, 5) is 11.2. The highest BCUT2D eigenvalue weighted by atomic mass is 35.5. The van der Waals surface area contributed by atoms with Crippen molar-refractivity contribution in [2.24, 2.45) is 0 Å². The Morgan fingerprint density at radius 3 is 2.60 bits per heavy atom. The van der Waals surface area contributed by atoms with Crippen LogP contribution in [0.1, 0.15) is 19.4 Å². The molecule has 82 valence electrons. The smallest absolute Gasteiger partial charge is 0.315 e. The van der Waals surface area contributed by atoms with Crippen LogP contribution in [0.5, 0.6) is 0 Å². The van der Waals surface area contributed by atoms with Crippen molar-refractivity contribution in [2.45, 2.75) is 19.4 Å². The van der Waals surface area contributed by atoms with Gasteiger partial charge in [-0.3, -0.25) is 0 Å². The summed E-state index contributed by atoms with van der Waals surface area (Å²) >= 11 is 5.89. The van der Waals surface area contributed by atoms with Crippen LogP contribution in [0.25, 0.3) is 0 Å². The summed E-state index contributed by atoms with van der Waals surface area (Å²) < 4.78 is 0. The monoisotopic (exact) mass is 226 g/mol. The second-order valence-electron chi connectivity index (χ2n) is 3.84. The van der Waals surface area contributed by atoms with E-state index in [1.165, 1.54) is 0 Å². The van der Waals surface area contributed by atoms with Crippen molar-refractivity contribution < 1.29 is 4.79 Å². The van der Waals surface area contributed by atoms with E-state index in [9.17, 15) is 4.79 Å². The summed E-state index contributed by atoms with van der Waals surface area (Å²) in [6, 6.07) is 7.24. The molecular weight excluding hydrogens is 212 g/mol. The fourth-order valence-electron chi connectivity index (χ4n) is 1.30. The van der Waals surface area contributed by atoms with E-state index in [1.54, 1.807) is 13.1 Å². The quantitative estimate of drug-likeness (QED) is 0.800. The molecule has 0 saturated heterocycles. The number of hydrogen-bond donors (Lipinski definition) is 2.